The van der Waals surface area contributed by atoms with E-state index in [2.05, 4.69) is 15.7 Å². The van der Waals surface area contributed by atoms with Crippen molar-refractivity contribution in [2.75, 3.05) is 10.7 Å². The number of hydrogen-bond acceptors (Lipinski definition) is 3. The Labute approximate surface area is 138 Å². The van der Waals surface area contributed by atoms with Crippen LogP contribution in [0.5, 0.6) is 0 Å². The van der Waals surface area contributed by atoms with Crippen molar-refractivity contribution in [2.45, 2.75) is 6.18 Å². The molecule has 0 unspecified atom stereocenters. The third-order valence-electron chi connectivity index (χ3n) is 3.36. The number of alkyl halides is 3. The molecule has 0 fully saturated rings. The van der Waals surface area contributed by atoms with Crippen LogP contribution >= 0.6 is 0 Å². The largest absolute Gasteiger partial charge is 0.416 e. The Hall–Kier alpha value is -3.36. The van der Waals surface area contributed by atoms with Gasteiger partial charge in [-0.2, -0.15) is 13.2 Å². The third kappa shape index (κ3) is 3.60. The fraction of sp³-hybridized carbons (Fsp3) is 0.0625. The third-order valence-corrected chi connectivity index (χ3v) is 3.36. The average Bonchev–Trinajstić information content (AvgIpc) is 2.57. The Morgan fingerprint density at radius 3 is 2.40 bits per heavy atom. The molecule has 0 bridgehead atoms. The molecule has 0 atom stereocenters. The number of fused-ring (bicyclic) bond motifs is 1. The number of urea groups is 1. The van der Waals surface area contributed by atoms with Crippen LogP contribution in [0.3, 0.4) is 0 Å². The van der Waals surface area contributed by atoms with Crippen LogP contribution in [-0.4, -0.2) is 15.7 Å². The standard InChI is InChI=1S/C16H11F3N4O2/c17-16(18,19)10-5-7-11(8-6-10)21-15(25)22-23-9-20-13-4-2-1-3-12(13)14(23)24/h1-9H,(H2,21,22,25). The highest BCUT2D eigenvalue weighted by molar-refractivity contribution is 5.95. The molecule has 0 saturated heterocycles. The molecule has 25 heavy (non-hydrogen) atoms. The molecule has 0 saturated carbocycles. The summed E-state index contributed by atoms with van der Waals surface area (Å²) in [5, 5.41) is 2.66. The van der Waals surface area contributed by atoms with E-state index in [1.807, 2.05) is 0 Å². The number of aromatic nitrogens is 2. The van der Waals surface area contributed by atoms with E-state index in [1.54, 1.807) is 24.3 Å². The maximum atomic E-state index is 12.5. The van der Waals surface area contributed by atoms with Crippen LogP contribution in [0, 0.1) is 0 Å². The van der Waals surface area contributed by atoms with Crippen LogP contribution in [0.25, 0.3) is 10.9 Å². The summed E-state index contributed by atoms with van der Waals surface area (Å²) in [6.07, 6.45) is -3.30. The van der Waals surface area contributed by atoms with Gasteiger partial charge in [0.05, 0.1) is 16.5 Å². The SMILES string of the molecule is O=C(Nc1ccc(C(F)(F)F)cc1)Nn1cnc2ccccc2c1=O. The zero-order valence-corrected chi connectivity index (χ0v) is 12.5. The zero-order valence-electron chi connectivity index (χ0n) is 12.5. The number of carbonyl (C=O) groups is 1. The van der Waals surface area contributed by atoms with Crippen molar-refractivity contribution >= 4 is 22.6 Å². The number of para-hydroxylation sites is 1. The first-order valence-corrected chi connectivity index (χ1v) is 7.06. The van der Waals surface area contributed by atoms with Crippen molar-refractivity contribution in [3.8, 4) is 0 Å². The van der Waals surface area contributed by atoms with Gasteiger partial charge in [0, 0.05) is 5.69 Å². The van der Waals surface area contributed by atoms with Crippen molar-refractivity contribution in [2.24, 2.45) is 0 Å². The van der Waals surface area contributed by atoms with Gasteiger partial charge in [0.15, 0.2) is 0 Å². The van der Waals surface area contributed by atoms with Crippen molar-refractivity contribution in [1.29, 1.82) is 0 Å². The van der Waals surface area contributed by atoms with Crippen LogP contribution in [0.4, 0.5) is 23.7 Å². The second kappa shape index (κ2) is 6.27. The summed E-state index contributed by atoms with van der Waals surface area (Å²) in [6, 6.07) is 9.74. The van der Waals surface area contributed by atoms with E-state index in [9.17, 15) is 22.8 Å². The molecule has 0 aliphatic carbocycles. The minimum atomic E-state index is -4.45. The molecule has 2 aromatic carbocycles. The topological polar surface area (TPSA) is 76.0 Å². The minimum Gasteiger partial charge on any atom is -0.307 e. The smallest absolute Gasteiger partial charge is 0.307 e. The summed E-state index contributed by atoms with van der Waals surface area (Å²) < 4.78 is 38.4. The highest BCUT2D eigenvalue weighted by Crippen LogP contribution is 2.29. The van der Waals surface area contributed by atoms with Gasteiger partial charge in [0.2, 0.25) is 0 Å². The molecule has 6 nitrogen and oxygen atoms in total. The maximum Gasteiger partial charge on any atom is 0.416 e. The molecule has 0 aliphatic rings. The Balaban J connectivity index is 1.75. The number of anilines is 1. The molecular formula is C16H11F3N4O2. The quantitative estimate of drug-likeness (QED) is 0.747. The van der Waals surface area contributed by atoms with Gasteiger partial charge in [-0.3, -0.25) is 4.79 Å². The average molecular weight is 348 g/mol. The van der Waals surface area contributed by atoms with Gasteiger partial charge in [-0.05, 0) is 36.4 Å². The molecule has 2 N–H and O–H groups in total. The molecule has 0 radical (unpaired) electrons. The lowest BCUT2D eigenvalue weighted by atomic mass is 10.2. The van der Waals surface area contributed by atoms with Crippen LogP contribution in [0.15, 0.2) is 59.7 Å². The van der Waals surface area contributed by atoms with Crippen LogP contribution in [0.1, 0.15) is 5.56 Å². The normalized spacial score (nSPS) is 11.3. The number of nitrogens with zero attached hydrogens (tertiary/aromatic N) is 2. The second-order valence-corrected chi connectivity index (χ2v) is 5.08. The first-order valence-electron chi connectivity index (χ1n) is 7.06. The van der Waals surface area contributed by atoms with Gasteiger partial charge in [0.1, 0.15) is 6.33 Å². The van der Waals surface area contributed by atoms with E-state index in [0.717, 1.165) is 35.3 Å². The molecule has 1 aromatic heterocycles. The summed E-state index contributed by atoms with van der Waals surface area (Å²) in [5.74, 6) is 0. The fourth-order valence-electron chi connectivity index (χ4n) is 2.16. The lowest BCUT2D eigenvalue weighted by Crippen LogP contribution is -2.35. The molecule has 128 valence electrons. The van der Waals surface area contributed by atoms with Crippen molar-refractivity contribution < 1.29 is 18.0 Å². The van der Waals surface area contributed by atoms with E-state index < -0.39 is 23.3 Å². The highest BCUT2D eigenvalue weighted by atomic mass is 19.4. The van der Waals surface area contributed by atoms with Crippen LogP contribution < -0.4 is 16.3 Å². The molecule has 3 aromatic rings. The van der Waals surface area contributed by atoms with Gasteiger partial charge >= 0.3 is 12.2 Å². The van der Waals surface area contributed by atoms with Crippen LogP contribution in [0.2, 0.25) is 0 Å². The van der Waals surface area contributed by atoms with Crippen molar-refractivity contribution in [3.05, 3.63) is 70.8 Å². The van der Waals surface area contributed by atoms with Gasteiger partial charge in [0.25, 0.3) is 5.56 Å². The van der Waals surface area contributed by atoms with E-state index in [4.69, 9.17) is 0 Å². The first-order chi connectivity index (χ1) is 11.8. The minimum absolute atomic E-state index is 0.146. The Morgan fingerprint density at radius 1 is 1.04 bits per heavy atom. The number of halogens is 3. The van der Waals surface area contributed by atoms with E-state index >= 15 is 0 Å². The maximum absolute atomic E-state index is 12.5. The number of benzene rings is 2. The Morgan fingerprint density at radius 2 is 1.72 bits per heavy atom. The summed E-state index contributed by atoms with van der Waals surface area (Å²) in [7, 11) is 0. The lowest BCUT2D eigenvalue weighted by molar-refractivity contribution is -0.137. The second-order valence-electron chi connectivity index (χ2n) is 5.08. The molecular weight excluding hydrogens is 337 g/mol. The molecule has 0 spiro atoms. The molecule has 3 rings (SSSR count). The van der Waals surface area contributed by atoms with Gasteiger partial charge in [-0.25, -0.2) is 19.9 Å². The number of hydrogen-bond donors (Lipinski definition) is 2. The summed E-state index contributed by atoms with van der Waals surface area (Å²) >= 11 is 0. The number of carbonyl (C=O) groups excluding carboxylic acids is 1. The molecule has 1 heterocycles. The van der Waals surface area contributed by atoms with Crippen LogP contribution in [-0.2, 0) is 6.18 Å². The van der Waals surface area contributed by atoms with E-state index in [1.165, 1.54) is 0 Å². The van der Waals surface area contributed by atoms with E-state index in [0.29, 0.717) is 10.9 Å². The van der Waals surface area contributed by atoms with Crippen molar-refractivity contribution in [1.82, 2.24) is 9.66 Å². The molecule has 9 heteroatoms. The zero-order chi connectivity index (χ0) is 18.0. The monoisotopic (exact) mass is 348 g/mol. The number of rotatable bonds is 2. The Bertz CT molecular complexity index is 981. The Kier molecular flexibility index (Phi) is 4.14. The van der Waals surface area contributed by atoms with Gasteiger partial charge in [-0.15, -0.1) is 0 Å². The van der Waals surface area contributed by atoms with Gasteiger partial charge in [-0.1, -0.05) is 12.1 Å². The lowest BCUT2D eigenvalue weighted by Gasteiger charge is -2.11. The fourth-order valence-corrected chi connectivity index (χ4v) is 2.16. The summed E-state index contributed by atoms with van der Waals surface area (Å²) in [4.78, 5) is 28.2. The number of nitrogens with one attached hydrogen (secondary N) is 2. The molecule has 2 amide bonds. The van der Waals surface area contributed by atoms with E-state index in [-0.39, 0.29) is 5.69 Å². The predicted octanol–water partition coefficient (Wildman–Crippen LogP) is 3.19. The highest BCUT2D eigenvalue weighted by Gasteiger charge is 2.29. The number of amides is 2. The molecule has 0 aliphatic heterocycles. The predicted molar refractivity (Wildman–Crippen MR) is 85.8 cm³/mol. The van der Waals surface area contributed by atoms with Gasteiger partial charge < -0.3 is 5.32 Å². The first kappa shape index (κ1) is 16.5. The summed E-state index contributed by atoms with van der Waals surface area (Å²) in [5.41, 5.74) is 1.59. The summed E-state index contributed by atoms with van der Waals surface area (Å²) in [6.45, 7) is 0. The van der Waals surface area contributed by atoms with Crippen molar-refractivity contribution in [3.63, 3.8) is 0 Å².